The van der Waals surface area contributed by atoms with Crippen molar-refractivity contribution < 1.29 is 14.4 Å². The molecule has 102 valence electrons. The van der Waals surface area contributed by atoms with Gasteiger partial charge in [0.2, 0.25) is 17.7 Å². The predicted octanol–water partition coefficient (Wildman–Crippen LogP) is 1.08. The van der Waals surface area contributed by atoms with Gasteiger partial charge in [-0.25, -0.2) is 0 Å². The zero-order valence-electron chi connectivity index (χ0n) is 11.2. The van der Waals surface area contributed by atoms with Crippen LogP contribution in [0.3, 0.4) is 0 Å². The first-order chi connectivity index (χ1) is 8.58. The molecule has 1 aliphatic heterocycles. The fourth-order valence-corrected chi connectivity index (χ4v) is 2.01. The van der Waals surface area contributed by atoms with Gasteiger partial charge in [0.1, 0.15) is 0 Å². The quantitative estimate of drug-likeness (QED) is 0.691. The van der Waals surface area contributed by atoms with Crippen LogP contribution in [0.25, 0.3) is 0 Å². The highest BCUT2D eigenvalue weighted by molar-refractivity contribution is 6.02. The number of amides is 3. The van der Waals surface area contributed by atoms with Gasteiger partial charge in [-0.2, -0.15) is 0 Å². The Labute approximate surface area is 108 Å². The van der Waals surface area contributed by atoms with Gasteiger partial charge in [-0.05, 0) is 5.92 Å². The van der Waals surface area contributed by atoms with E-state index < -0.39 is 0 Å². The lowest BCUT2D eigenvalue weighted by molar-refractivity contribution is -0.138. The highest BCUT2D eigenvalue weighted by Gasteiger charge is 2.28. The second kappa shape index (κ2) is 7.13. The molecule has 0 bridgehead atoms. The molecular weight excluding hydrogens is 232 g/mol. The SMILES string of the molecule is CCC(CC)CNC(=O)CCN1C(=O)CCC1=O. The van der Waals surface area contributed by atoms with Crippen molar-refractivity contribution in [2.24, 2.45) is 5.92 Å². The number of nitrogens with zero attached hydrogens (tertiary/aromatic N) is 1. The summed E-state index contributed by atoms with van der Waals surface area (Å²) < 4.78 is 0. The highest BCUT2D eigenvalue weighted by atomic mass is 16.2. The van der Waals surface area contributed by atoms with Crippen LogP contribution in [0.1, 0.15) is 46.0 Å². The summed E-state index contributed by atoms with van der Waals surface area (Å²) in [5.41, 5.74) is 0. The average Bonchev–Trinajstić information content (AvgIpc) is 2.68. The van der Waals surface area contributed by atoms with Crippen LogP contribution in [-0.2, 0) is 14.4 Å². The smallest absolute Gasteiger partial charge is 0.229 e. The fraction of sp³-hybridized carbons (Fsp3) is 0.769. The number of rotatable bonds is 7. The van der Waals surface area contributed by atoms with Gasteiger partial charge in [0, 0.05) is 32.4 Å². The second-order valence-corrected chi connectivity index (χ2v) is 4.68. The van der Waals surface area contributed by atoms with Gasteiger partial charge in [0.25, 0.3) is 0 Å². The molecule has 3 amide bonds. The second-order valence-electron chi connectivity index (χ2n) is 4.68. The summed E-state index contributed by atoms with van der Waals surface area (Å²) in [6.07, 6.45) is 2.86. The zero-order chi connectivity index (χ0) is 13.5. The maximum Gasteiger partial charge on any atom is 0.229 e. The first kappa shape index (κ1) is 14.7. The Balaban J connectivity index is 2.24. The summed E-state index contributed by atoms with van der Waals surface area (Å²) in [5.74, 6) is 0.0963. The van der Waals surface area contributed by atoms with E-state index in [2.05, 4.69) is 19.2 Å². The summed E-state index contributed by atoms with van der Waals surface area (Å²) in [6, 6.07) is 0. The normalized spacial score (nSPS) is 15.6. The topological polar surface area (TPSA) is 66.5 Å². The van der Waals surface area contributed by atoms with Crippen LogP contribution >= 0.6 is 0 Å². The predicted molar refractivity (Wildman–Crippen MR) is 67.7 cm³/mol. The molecule has 0 aliphatic carbocycles. The summed E-state index contributed by atoms with van der Waals surface area (Å²) in [6.45, 7) is 5.09. The Hall–Kier alpha value is -1.39. The molecule has 1 fully saturated rings. The van der Waals surface area contributed by atoms with Crippen molar-refractivity contribution in [1.82, 2.24) is 10.2 Å². The number of carbonyl (C=O) groups is 3. The van der Waals surface area contributed by atoms with Crippen LogP contribution in [-0.4, -0.2) is 35.7 Å². The van der Waals surface area contributed by atoms with Gasteiger partial charge >= 0.3 is 0 Å². The first-order valence-corrected chi connectivity index (χ1v) is 6.68. The van der Waals surface area contributed by atoms with E-state index in [1.807, 2.05) is 0 Å². The number of hydrogen-bond donors (Lipinski definition) is 1. The molecule has 0 saturated carbocycles. The molecule has 0 unspecified atom stereocenters. The molecule has 0 spiro atoms. The molecule has 18 heavy (non-hydrogen) atoms. The molecule has 0 aromatic carbocycles. The molecule has 1 rings (SSSR count). The van der Waals surface area contributed by atoms with Crippen LogP contribution in [0.5, 0.6) is 0 Å². The number of nitrogens with one attached hydrogen (secondary N) is 1. The zero-order valence-corrected chi connectivity index (χ0v) is 11.2. The average molecular weight is 254 g/mol. The number of imide groups is 1. The van der Waals surface area contributed by atoms with Crippen LogP contribution in [0.2, 0.25) is 0 Å². The molecule has 0 radical (unpaired) electrons. The molecule has 0 atom stereocenters. The van der Waals surface area contributed by atoms with Gasteiger partial charge in [-0.3, -0.25) is 19.3 Å². The van der Waals surface area contributed by atoms with E-state index in [0.717, 1.165) is 12.8 Å². The minimum absolute atomic E-state index is 0.0885. The maximum atomic E-state index is 11.6. The monoisotopic (exact) mass is 254 g/mol. The molecule has 0 aromatic heterocycles. The van der Waals surface area contributed by atoms with E-state index in [0.29, 0.717) is 12.5 Å². The Morgan fingerprint density at radius 1 is 1.22 bits per heavy atom. The van der Waals surface area contributed by atoms with E-state index in [-0.39, 0.29) is 43.5 Å². The summed E-state index contributed by atoms with van der Waals surface area (Å²) in [7, 11) is 0. The minimum atomic E-state index is -0.159. The molecule has 0 aromatic rings. The van der Waals surface area contributed by atoms with Crippen molar-refractivity contribution in [2.75, 3.05) is 13.1 Å². The van der Waals surface area contributed by atoms with Gasteiger partial charge in [0.15, 0.2) is 0 Å². The molecule has 5 heteroatoms. The van der Waals surface area contributed by atoms with Crippen LogP contribution in [0, 0.1) is 5.92 Å². The Morgan fingerprint density at radius 3 is 2.28 bits per heavy atom. The van der Waals surface area contributed by atoms with Crippen LogP contribution in [0.15, 0.2) is 0 Å². The Morgan fingerprint density at radius 2 is 1.78 bits per heavy atom. The standard InChI is InChI=1S/C13H22N2O3/c1-3-10(4-2)9-14-11(16)7-8-15-12(17)5-6-13(15)18/h10H,3-9H2,1-2H3,(H,14,16). The largest absolute Gasteiger partial charge is 0.356 e. The summed E-state index contributed by atoms with van der Waals surface area (Å²) in [4.78, 5) is 35.4. The lowest BCUT2D eigenvalue weighted by Crippen LogP contribution is -2.35. The van der Waals surface area contributed by atoms with Gasteiger partial charge in [0.05, 0.1) is 0 Å². The van der Waals surface area contributed by atoms with Crippen molar-refractivity contribution in [2.45, 2.75) is 46.0 Å². The third kappa shape index (κ3) is 4.13. The van der Waals surface area contributed by atoms with E-state index in [1.165, 1.54) is 4.90 Å². The van der Waals surface area contributed by atoms with Gasteiger partial charge < -0.3 is 5.32 Å². The lowest BCUT2D eigenvalue weighted by Gasteiger charge is -2.15. The minimum Gasteiger partial charge on any atom is -0.356 e. The lowest BCUT2D eigenvalue weighted by atomic mass is 10.0. The number of carbonyl (C=O) groups excluding carboxylic acids is 3. The van der Waals surface area contributed by atoms with Crippen molar-refractivity contribution in [1.29, 1.82) is 0 Å². The number of likely N-dealkylation sites (tertiary alicyclic amines) is 1. The molecule has 1 saturated heterocycles. The molecule has 5 nitrogen and oxygen atoms in total. The van der Waals surface area contributed by atoms with E-state index >= 15 is 0 Å². The van der Waals surface area contributed by atoms with Crippen molar-refractivity contribution in [3.8, 4) is 0 Å². The van der Waals surface area contributed by atoms with Crippen molar-refractivity contribution in [3.05, 3.63) is 0 Å². The fourth-order valence-electron chi connectivity index (χ4n) is 2.01. The molecular formula is C13H22N2O3. The molecule has 1 N–H and O–H groups in total. The summed E-state index contributed by atoms with van der Waals surface area (Å²) >= 11 is 0. The maximum absolute atomic E-state index is 11.6. The highest BCUT2D eigenvalue weighted by Crippen LogP contribution is 2.11. The Bertz CT molecular complexity index is 308. The van der Waals surface area contributed by atoms with Crippen molar-refractivity contribution in [3.63, 3.8) is 0 Å². The van der Waals surface area contributed by atoms with E-state index in [1.54, 1.807) is 0 Å². The van der Waals surface area contributed by atoms with Crippen molar-refractivity contribution >= 4 is 17.7 Å². The third-order valence-corrected chi connectivity index (χ3v) is 3.46. The molecule has 1 aliphatic rings. The Kier molecular flexibility index (Phi) is 5.82. The molecule has 1 heterocycles. The third-order valence-electron chi connectivity index (χ3n) is 3.46. The van der Waals surface area contributed by atoms with Gasteiger partial charge in [-0.1, -0.05) is 26.7 Å². The van der Waals surface area contributed by atoms with E-state index in [4.69, 9.17) is 0 Å². The summed E-state index contributed by atoms with van der Waals surface area (Å²) in [5, 5.41) is 2.85. The first-order valence-electron chi connectivity index (χ1n) is 6.68. The number of hydrogen-bond acceptors (Lipinski definition) is 3. The van der Waals surface area contributed by atoms with Gasteiger partial charge in [-0.15, -0.1) is 0 Å². The van der Waals surface area contributed by atoms with Crippen LogP contribution in [0.4, 0.5) is 0 Å². The van der Waals surface area contributed by atoms with E-state index in [9.17, 15) is 14.4 Å². The van der Waals surface area contributed by atoms with Crippen LogP contribution < -0.4 is 5.32 Å².